The first-order valence-corrected chi connectivity index (χ1v) is 6.34. The highest BCUT2D eigenvalue weighted by molar-refractivity contribution is 7.09. The normalized spacial score (nSPS) is 10.2. The van der Waals surface area contributed by atoms with Crippen molar-refractivity contribution in [2.75, 3.05) is 13.6 Å². The minimum atomic E-state index is -0.0258. The second kappa shape index (κ2) is 5.59. The number of hydrogen-bond acceptors (Lipinski definition) is 3. The third-order valence-electron chi connectivity index (χ3n) is 2.50. The average Bonchev–Trinajstić information content (AvgIpc) is 2.89. The number of hydrogen-bond donors (Lipinski definition) is 0. The molecule has 0 unspecified atom stereocenters. The summed E-state index contributed by atoms with van der Waals surface area (Å²) in [5, 5.41) is 2.05. The fourth-order valence-electron chi connectivity index (χ4n) is 1.52. The number of nitrogens with zero attached hydrogens (tertiary/aromatic N) is 2. The number of rotatable bonds is 4. The van der Waals surface area contributed by atoms with Crippen LogP contribution in [-0.4, -0.2) is 29.4 Å². The maximum absolute atomic E-state index is 12.0. The molecule has 17 heavy (non-hydrogen) atoms. The lowest BCUT2D eigenvalue weighted by molar-refractivity contribution is 0.0791. The molecule has 0 saturated heterocycles. The van der Waals surface area contributed by atoms with Gasteiger partial charge in [-0.2, -0.15) is 0 Å². The summed E-state index contributed by atoms with van der Waals surface area (Å²) in [7, 11) is 1.81. The molecule has 0 aliphatic carbocycles. The van der Waals surface area contributed by atoms with Crippen molar-refractivity contribution in [3.8, 4) is 0 Å². The van der Waals surface area contributed by atoms with Gasteiger partial charge in [-0.25, -0.2) is 0 Å². The van der Waals surface area contributed by atoms with Crippen LogP contribution in [0.5, 0.6) is 0 Å². The molecule has 0 aliphatic rings. The Morgan fingerprint density at radius 3 is 2.88 bits per heavy atom. The molecule has 0 spiro atoms. The van der Waals surface area contributed by atoms with E-state index in [0.29, 0.717) is 5.69 Å². The average molecular weight is 246 g/mol. The summed E-state index contributed by atoms with van der Waals surface area (Å²) in [4.78, 5) is 19.0. The van der Waals surface area contributed by atoms with E-state index in [9.17, 15) is 4.79 Å². The Morgan fingerprint density at radius 2 is 2.24 bits per heavy atom. The Labute approximate surface area is 105 Å². The molecule has 2 aromatic heterocycles. The fourth-order valence-corrected chi connectivity index (χ4v) is 2.22. The molecule has 0 aromatic carbocycles. The van der Waals surface area contributed by atoms with Crippen molar-refractivity contribution >= 4 is 17.2 Å². The Bertz CT molecular complexity index is 467. The van der Waals surface area contributed by atoms with Gasteiger partial charge in [-0.05, 0) is 30.0 Å². The molecule has 0 radical (unpaired) electrons. The maximum atomic E-state index is 12.0. The van der Waals surface area contributed by atoms with Gasteiger partial charge in [-0.3, -0.25) is 9.78 Å². The van der Waals surface area contributed by atoms with Crippen molar-refractivity contribution in [1.29, 1.82) is 0 Å². The van der Waals surface area contributed by atoms with E-state index in [4.69, 9.17) is 0 Å². The number of thiophene rings is 1. The third-order valence-corrected chi connectivity index (χ3v) is 3.44. The molecule has 2 heterocycles. The molecule has 4 heteroatoms. The summed E-state index contributed by atoms with van der Waals surface area (Å²) in [6.07, 6.45) is 2.53. The summed E-state index contributed by atoms with van der Waals surface area (Å²) in [6, 6.07) is 9.49. The van der Waals surface area contributed by atoms with E-state index >= 15 is 0 Å². The van der Waals surface area contributed by atoms with Gasteiger partial charge in [-0.1, -0.05) is 12.1 Å². The SMILES string of the molecule is CN(CCc1cccs1)C(=O)c1ccccn1. The summed E-state index contributed by atoms with van der Waals surface area (Å²) >= 11 is 1.72. The molecular formula is C13H14N2OS. The van der Waals surface area contributed by atoms with Crippen LogP contribution in [0.4, 0.5) is 0 Å². The van der Waals surface area contributed by atoms with E-state index in [2.05, 4.69) is 16.4 Å². The topological polar surface area (TPSA) is 33.2 Å². The van der Waals surface area contributed by atoms with E-state index < -0.39 is 0 Å². The van der Waals surface area contributed by atoms with E-state index in [-0.39, 0.29) is 5.91 Å². The predicted octanol–water partition coefficient (Wildman–Crippen LogP) is 2.46. The van der Waals surface area contributed by atoms with Crippen LogP contribution < -0.4 is 0 Å². The van der Waals surface area contributed by atoms with Crippen LogP contribution in [0.3, 0.4) is 0 Å². The molecular weight excluding hydrogens is 232 g/mol. The van der Waals surface area contributed by atoms with Crippen molar-refractivity contribution < 1.29 is 4.79 Å². The Morgan fingerprint density at radius 1 is 1.35 bits per heavy atom. The van der Waals surface area contributed by atoms with Gasteiger partial charge >= 0.3 is 0 Å². The number of aromatic nitrogens is 1. The molecule has 0 atom stereocenters. The zero-order valence-electron chi connectivity index (χ0n) is 9.67. The fraction of sp³-hybridized carbons (Fsp3) is 0.231. The molecule has 0 bridgehead atoms. The van der Waals surface area contributed by atoms with Gasteiger partial charge in [0.1, 0.15) is 5.69 Å². The standard InChI is InChI=1S/C13H14N2OS/c1-15(9-7-11-5-4-10-17-11)13(16)12-6-2-3-8-14-12/h2-6,8,10H,7,9H2,1H3. The number of amides is 1. The predicted molar refractivity (Wildman–Crippen MR) is 69.2 cm³/mol. The molecule has 3 nitrogen and oxygen atoms in total. The monoisotopic (exact) mass is 246 g/mol. The molecule has 88 valence electrons. The lowest BCUT2D eigenvalue weighted by Crippen LogP contribution is -2.29. The third kappa shape index (κ3) is 3.14. The second-order valence-corrected chi connectivity index (χ2v) is 4.80. The molecule has 2 aromatic rings. The van der Waals surface area contributed by atoms with Crippen molar-refractivity contribution in [2.45, 2.75) is 6.42 Å². The van der Waals surface area contributed by atoms with Crippen molar-refractivity contribution in [2.24, 2.45) is 0 Å². The van der Waals surface area contributed by atoms with Crippen LogP contribution in [-0.2, 0) is 6.42 Å². The smallest absolute Gasteiger partial charge is 0.272 e. The largest absolute Gasteiger partial charge is 0.340 e. The van der Waals surface area contributed by atoms with Gasteiger partial charge in [-0.15, -0.1) is 11.3 Å². The van der Waals surface area contributed by atoms with E-state index in [1.807, 2.05) is 25.2 Å². The van der Waals surface area contributed by atoms with Gasteiger partial charge in [0.2, 0.25) is 0 Å². The van der Waals surface area contributed by atoms with Gasteiger partial charge in [0, 0.05) is 24.7 Å². The van der Waals surface area contributed by atoms with Crippen molar-refractivity contribution in [1.82, 2.24) is 9.88 Å². The minimum Gasteiger partial charge on any atom is -0.340 e. The second-order valence-electron chi connectivity index (χ2n) is 3.77. The zero-order valence-corrected chi connectivity index (χ0v) is 10.5. The van der Waals surface area contributed by atoms with Gasteiger partial charge < -0.3 is 4.90 Å². The first kappa shape index (κ1) is 11.8. The van der Waals surface area contributed by atoms with Crippen LogP contribution >= 0.6 is 11.3 Å². The molecule has 1 amide bonds. The van der Waals surface area contributed by atoms with Crippen LogP contribution in [0.1, 0.15) is 15.4 Å². The van der Waals surface area contributed by atoms with Crippen LogP contribution in [0, 0.1) is 0 Å². The summed E-state index contributed by atoms with van der Waals surface area (Å²) < 4.78 is 0. The molecule has 0 N–H and O–H groups in total. The van der Waals surface area contributed by atoms with E-state index in [0.717, 1.165) is 13.0 Å². The van der Waals surface area contributed by atoms with E-state index in [1.165, 1.54) is 4.88 Å². The first-order chi connectivity index (χ1) is 8.27. The van der Waals surface area contributed by atoms with Gasteiger partial charge in [0.05, 0.1) is 0 Å². The van der Waals surface area contributed by atoms with Crippen LogP contribution in [0.15, 0.2) is 41.9 Å². The Kier molecular flexibility index (Phi) is 3.88. The first-order valence-electron chi connectivity index (χ1n) is 5.46. The van der Waals surface area contributed by atoms with Crippen LogP contribution in [0.25, 0.3) is 0 Å². The highest BCUT2D eigenvalue weighted by atomic mass is 32.1. The quantitative estimate of drug-likeness (QED) is 0.830. The van der Waals surface area contributed by atoms with Gasteiger partial charge in [0.25, 0.3) is 5.91 Å². The number of pyridine rings is 1. The molecule has 0 fully saturated rings. The summed E-state index contributed by atoms with van der Waals surface area (Å²) in [6.45, 7) is 0.718. The number of carbonyl (C=O) groups excluding carboxylic acids is 1. The van der Waals surface area contributed by atoms with Crippen LogP contribution in [0.2, 0.25) is 0 Å². The molecule has 2 rings (SSSR count). The lowest BCUT2D eigenvalue weighted by atomic mass is 10.3. The Balaban J connectivity index is 1.92. The molecule has 0 saturated carbocycles. The highest BCUT2D eigenvalue weighted by Gasteiger charge is 2.12. The number of likely N-dealkylation sites (N-methyl/N-ethyl adjacent to an activating group) is 1. The van der Waals surface area contributed by atoms with Gasteiger partial charge in [0.15, 0.2) is 0 Å². The summed E-state index contributed by atoms with van der Waals surface area (Å²) in [5.41, 5.74) is 0.501. The molecule has 0 aliphatic heterocycles. The van der Waals surface area contributed by atoms with E-state index in [1.54, 1.807) is 28.5 Å². The maximum Gasteiger partial charge on any atom is 0.272 e. The lowest BCUT2D eigenvalue weighted by Gasteiger charge is -2.15. The highest BCUT2D eigenvalue weighted by Crippen LogP contribution is 2.10. The van der Waals surface area contributed by atoms with Crippen molar-refractivity contribution in [3.63, 3.8) is 0 Å². The number of carbonyl (C=O) groups is 1. The zero-order chi connectivity index (χ0) is 12.1. The minimum absolute atomic E-state index is 0.0258. The summed E-state index contributed by atoms with van der Waals surface area (Å²) in [5.74, 6) is -0.0258. The Hall–Kier alpha value is -1.68. The van der Waals surface area contributed by atoms with Crippen molar-refractivity contribution in [3.05, 3.63) is 52.5 Å².